The van der Waals surface area contributed by atoms with Crippen LogP contribution in [-0.4, -0.2) is 4.98 Å². The van der Waals surface area contributed by atoms with Crippen LogP contribution in [0.2, 0.25) is 0 Å². The molecule has 5 heteroatoms. The lowest BCUT2D eigenvalue weighted by Gasteiger charge is -2.00. The van der Waals surface area contributed by atoms with Gasteiger partial charge in [-0.2, -0.15) is 13.2 Å². The Kier molecular flexibility index (Phi) is 1.42. The van der Waals surface area contributed by atoms with Gasteiger partial charge in [0.05, 0.1) is 5.69 Å². The first-order valence-electron chi connectivity index (χ1n) is 2.49. The van der Waals surface area contributed by atoms with Crippen molar-refractivity contribution in [1.82, 2.24) is 4.98 Å². The Hall–Kier alpha value is -1.00. The lowest BCUT2D eigenvalue weighted by Crippen LogP contribution is -2.04. The summed E-state index contributed by atoms with van der Waals surface area (Å²) >= 11 is 0. The Morgan fingerprint density at radius 2 is 2.10 bits per heavy atom. The van der Waals surface area contributed by atoms with Crippen molar-refractivity contribution < 1.29 is 17.6 Å². The molecule has 0 amide bonds. The van der Waals surface area contributed by atoms with E-state index in [9.17, 15) is 13.2 Å². The molecule has 0 aliphatic carbocycles. The van der Waals surface area contributed by atoms with Crippen LogP contribution in [0.25, 0.3) is 0 Å². The molecule has 10 heavy (non-hydrogen) atoms. The number of halogens is 3. The number of aromatic nitrogens is 1. The molecule has 0 aliphatic rings. The molecule has 0 atom stereocenters. The predicted octanol–water partition coefficient (Wildman–Crippen LogP) is 2.00. The summed E-state index contributed by atoms with van der Waals surface area (Å²) in [4.78, 5) is 3.30. The fourth-order valence-corrected chi connectivity index (χ4v) is 0.574. The summed E-state index contributed by atoms with van der Waals surface area (Å²) in [5.41, 5.74) is -0.132. The molecular weight excluding hydrogens is 147 g/mol. The standard InChI is InChI=1S/C5H4F3NO/c1-3-4(5(6,7)8)10-2-9-3/h2H,1H3. The number of oxazole rings is 1. The first-order valence-corrected chi connectivity index (χ1v) is 2.49. The monoisotopic (exact) mass is 151 g/mol. The molecule has 0 spiro atoms. The summed E-state index contributed by atoms with van der Waals surface area (Å²) in [5, 5.41) is 0. The van der Waals surface area contributed by atoms with Gasteiger partial charge in [0.1, 0.15) is 0 Å². The van der Waals surface area contributed by atoms with E-state index in [-0.39, 0.29) is 5.69 Å². The van der Waals surface area contributed by atoms with Crippen molar-refractivity contribution in [2.45, 2.75) is 13.1 Å². The van der Waals surface area contributed by atoms with Crippen molar-refractivity contribution >= 4 is 0 Å². The number of aryl methyl sites for hydroxylation is 1. The molecular formula is C5H4F3NO. The highest BCUT2D eigenvalue weighted by molar-refractivity contribution is 5.07. The SMILES string of the molecule is Cc1ncoc1C(F)(F)F. The van der Waals surface area contributed by atoms with Gasteiger partial charge < -0.3 is 4.42 Å². The first-order chi connectivity index (χ1) is 4.52. The third kappa shape index (κ3) is 1.12. The largest absolute Gasteiger partial charge is 0.451 e. The van der Waals surface area contributed by atoms with Crippen molar-refractivity contribution in [2.24, 2.45) is 0 Å². The van der Waals surface area contributed by atoms with Crippen molar-refractivity contribution in [2.75, 3.05) is 0 Å². The number of rotatable bonds is 0. The molecule has 1 heterocycles. The average Bonchev–Trinajstić information content (AvgIpc) is 2.11. The van der Waals surface area contributed by atoms with E-state index >= 15 is 0 Å². The molecule has 1 rings (SSSR count). The maximum atomic E-state index is 11.7. The zero-order valence-corrected chi connectivity index (χ0v) is 5.07. The quantitative estimate of drug-likeness (QED) is 0.566. The van der Waals surface area contributed by atoms with Crippen LogP contribution in [0.3, 0.4) is 0 Å². The number of hydrogen-bond donors (Lipinski definition) is 0. The first kappa shape index (κ1) is 7.11. The van der Waals surface area contributed by atoms with Crippen LogP contribution in [0.4, 0.5) is 13.2 Å². The summed E-state index contributed by atoms with van der Waals surface area (Å²) in [7, 11) is 0. The predicted molar refractivity (Wildman–Crippen MR) is 26.2 cm³/mol. The second-order valence-electron chi connectivity index (χ2n) is 1.76. The number of nitrogens with zero attached hydrogens (tertiary/aromatic N) is 1. The summed E-state index contributed by atoms with van der Waals surface area (Å²) in [6.45, 7) is 1.24. The lowest BCUT2D eigenvalue weighted by molar-refractivity contribution is -0.153. The van der Waals surface area contributed by atoms with Crippen LogP contribution in [0.15, 0.2) is 10.8 Å². The van der Waals surface area contributed by atoms with E-state index in [0.29, 0.717) is 0 Å². The van der Waals surface area contributed by atoms with Crippen molar-refractivity contribution in [1.29, 1.82) is 0 Å². The summed E-state index contributed by atoms with van der Waals surface area (Å²) in [6, 6.07) is 0. The van der Waals surface area contributed by atoms with Gasteiger partial charge in [-0.1, -0.05) is 0 Å². The maximum Gasteiger partial charge on any atom is 0.451 e. The summed E-state index contributed by atoms with van der Waals surface area (Å²) in [6.07, 6.45) is -3.64. The molecule has 0 unspecified atom stereocenters. The minimum atomic E-state index is -4.42. The lowest BCUT2D eigenvalue weighted by atomic mass is 10.4. The van der Waals surface area contributed by atoms with Crippen molar-refractivity contribution in [3.63, 3.8) is 0 Å². The minimum absolute atomic E-state index is 0.132. The zero-order valence-electron chi connectivity index (χ0n) is 5.07. The Balaban J connectivity index is 3.05. The molecule has 0 bridgehead atoms. The van der Waals surface area contributed by atoms with Gasteiger partial charge in [0.25, 0.3) is 0 Å². The van der Waals surface area contributed by atoms with E-state index < -0.39 is 11.9 Å². The summed E-state index contributed by atoms with van der Waals surface area (Å²) in [5.74, 6) is -1.02. The van der Waals surface area contributed by atoms with Gasteiger partial charge in [-0.15, -0.1) is 0 Å². The van der Waals surface area contributed by atoms with Crippen molar-refractivity contribution in [3.05, 3.63) is 17.8 Å². The molecule has 0 radical (unpaired) electrons. The van der Waals surface area contributed by atoms with Crippen LogP contribution in [0, 0.1) is 6.92 Å². The van der Waals surface area contributed by atoms with Crippen molar-refractivity contribution in [3.8, 4) is 0 Å². The van der Waals surface area contributed by atoms with Crippen LogP contribution < -0.4 is 0 Å². The minimum Gasteiger partial charge on any atom is -0.439 e. The maximum absolute atomic E-state index is 11.7. The third-order valence-corrected chi connectivity index (χ3v) is 1.00. The van der Waals surface area contributed by atoms with Crippen LogP contribution >= 0.6 is 0 Å². The topological polar surface area (TPSA) is 26.0 Å². The van der Waals surface area contributed by atoms with Crippen LogP contribution in [0.1, 0.15) is 11.5 Å². The number of hydrogen-bond acceptors (Lipinski definition) is 2. The molecule has 2 nitrogen and oxygen atoms in total. The van der Waals surface area contributed by atoms with Gasteiger partial charge in [-0.3, -0.25) is 0 Å². The zero-order chi connectivity index (χ0) is 7.78. The Morgan fingerprint density at radius 1 is 1.50 bits per heavy atom. The molecule has 0 saturated heterocycles. The highest BCUT2D eigenvalue weighted by atomic mass is 19.4. The van der Waals surface area contributed by atoms with Gasteiger partial charge in [-0.25, -0.2) is 4.98 Å². The fourth-order valence-electron chi connectivity index (χ4n) is 0.574. The van der Waals surface area contributed by atoms with E-state index in [2.05, 4.69) is 9.40 Å². The van der Waals surface area contributed by atoms with Crippen LogP contribution in [-0.2, 0) is 6.18 Å². The summed E-state index contributed by atoms with van der Waals surface area (Å²) < 4.78 is 39.3. The van der Waals surface area contributed by atoms with Gasteiger partial charge >= 0.3 is 6.18 Å². The molecule has 0 fully saturated rings. The molecule has 0 saturated carbocycles. The van der Waals surface area contributed by atoms with Crippen LogP contribution in [0.5, 0.6) is 0 Å². The second-order valence-corrected chi connectivity index (χ2v) is 1.76. The Morgan fingerprint density at radius 3 is 2.30 bits per heavy atom. The van der Waals surface area contributed by atoms with E-state index in [1.165, 1.54) is 6.92 Å². The Labute approximate surface area is 54.7 Å². The molecule has 1 aromatic heterocycles. The van der Waals surface area contributed by atoms with E-state index in [1.807, 2.05) is 0 Å². The fraction of sp³-hybridized carbons (Fsp3) is 0.400. The normalized spacial score (nSPS) is 12.0. The van der Waals surface area contributed by atoms with Gasteiger partial charge in [-0.05, 0) is 6.92 Å². The third-order valence-electron chi connectivity index (χ3n) is 1.00. The van der Waals surface area contributed by atoms with Gasteiger partial charge in [0.2, 0.25) is 5.76 Å². The second kappa shape index (κ2) is 2.00. The molecule has 0 aliphatic heterocycles. The van der Waals surface area contributed by atoms with E-state index in [4.69, 9.17) is 0 Å². The average molecular weight is 151 g/mol. The molecule has 0 aromatic carbocycles. The molecule has 1 aromatic rings. The van der Waals surface area contributed by atoms with Gasteiger partial charge in [0.15, 0.2) is 6.39 Å². The Bertz CT molecular complexity index is 227. The molecule has 56 valence electrons. The van der Waals surface area contributed by atoms with E-state index in [0.717, 1.165) is 6.39 Å². The van der Waals surface area contributed by atoms with Gasteiger partial charge in [0, 0.05) is 0 Å². The smallest absolute Gasteiger partial charge is 0.439 e. The van der Waals surface area contributed by atoms with E-state index in [1.54, 1.807) is 0 Å². The highest BCUT2D eigenvalue weighted by Crippen LogP contribution is 2.30. The molecule has 0 N–H and O–H groups in total. The number of alkyl halides is 3. The highest BCUT2D eigenvalue weighted by Gasteiger charge is 2.36.